The summed E-state index contributed by atoms with van der Waals surface area (Å²) < 4.78 is 11.6. The number of rotatable bonds is 4. The fraction of sp³-hybridized carbons (Fsp3) is 0.800. The van der Waals surface area contributed by atoms with Crippen LogP contribution in [0.1, 0.15) is 50.4 Å². The normalized spacial score (nSPS) is 24.6. The summed E-state index contributed by atoms with van der Waals surface area (Å²) in [6.45, 7) is 5.27. The molecule has 2 heterocycles. The second kappa shape index (κ2) is 6.75. The van der Waals surface area contributed by atoms with E-state index >= 15 is 0 Å². The zero-order valence-corrected chi connectivity index (χ0v) is 13.2. The Hall–Kier alpha value is -1.47. The Bertz CT molecular complexity index is 513. The van der Waals surface area contributed by atoms with E-state index in [9.17, 15) is 4.79 Å². The molecule has 1 aromatic rings. The van der Waals surface area contributed by atoms with Gasteiger partial charge in [-0.25, -0.2) is 4.98 Å². The van der Waals surface area contributed by atoms with Gasteiger partial charge in [0.1, 0.15) is 18.0 Å². The first-order valence-electron chi connectivity index (χ1n) is 8.08. The van der Waals surface area contributed by atoms with Crippen LogP contribution < -0.4 is 0 Å². The van der Waals surface area contributed by atoms with Gasteiger partial charge in [-0.05, 0) is 26.7 Å². The van der Waals surface area contributed by atoms with Crippen LogP contribution in [0.15, 0.2) is 0 Å². The third-order valence-electron chi connectivity index (χ3n) is 4.33. The minimum absolute atomic E-state index is 0.0347. The molecule has 7 nitrogen and oxygen atoms in total. The summed E-state index contributed by atoms with van der Waals surface area (Å²) in [6, 6.07) is 0. The van der Waals surface area contributed by atoms with Crippen LogP contribution >= 0.6 is 0 Å². The molecule has 1 aliphatic heterocycles. The summed E-state index contributed by atoms with van der Waals surface area (Å²) in [5, 5.41) is 6.94. The molecule has 0 spiro atoms. The van der Waals surface area contributed by atoms with E-state index in [0.717, 1.165) is 18.7 Å². The molecule has 122 valence electrons. The maximum atomic E-state index is 12.6. The van der Waals surface area contributed by atoms with Crippen molar-refractivity contribution in [2.24, 2.45) is 0 Å². The lowest BCUT2D eigenvalue weighted by molar-refractivity contribution is -0.153. The second-order valence-electron chi connectivity index (χ2n) is 6.11. The lowest BCUT2D eigenvalue weighted by Gasteiger charge is -2.33. The molecule has 3 rings (SSSR count). The third kappa shape index (κ3) is 3.47. The molecule has 1 N–H and O–H groups in total. The van der Waals surface area contributed by atoms with Gasteiger partial charge < -0.3 is 14.4 Å². The van der Waals surface area contributed by atoms with E-state index in [1.54, 1.807) is 4.90 Å². The van der Waals surface area contributed by atoms with Gasteiger partial charge >= 0.3 is 0 Å². The lowest BCUT2D eigenvalue weighted by atomic mass is 10.2. The van der Waals surface area contributed by atoms with Crippen molar-refractivity contribution in [2.45, 2.75) is 57.8 Å². The molecular weight excluding hydrogens is 284 g/mol. The van der Waals surface area contributed by atoms with Crippen LogP contribution in [0.25, 0.3) is 0 Å². The fourth-order valence-corrected chi connectivity index (χ4v) is 3.14. The van der Waals surface area contributed by atoms with Crippen molar-refractivity contribution >= 4 is 5.91 Å². The van der Waals surface area contributed by atoms with E-state index in [0.29, 0.717) is 25.5 Å². The van der Waals surface area contributed by atoms with Crippen LogP contribution in [0, 0.1) is 6.92 Å². The van der Waals surface area contributed by atoms with Crippen molar-refractivity contribution in [3.8, 4) is 0 Å². The molecule has 1 saturated heterocycles. The third-order valence-corrected chi connectivity index (χ3v) is 4.33. The first kappa shape index (κ1) is 15.4. The minimum Gasteiger partial charge on any atom is -0.366 e. The Morgan fingerprint density at radius 2 is 2.23 bits per heavy atom. The number of aryl methyl sites for hydroxylation is 1. The Balaban J connectivity index is 1.57. The number of aromatic amines is 1. The molecule has 1 aliphatic carbocycles. The number of ether oxygens (including phenoxy) is 2. The molecule has 0 bridgehead atoms. The molecule has 2 fully saturated rings. The Morgan fingerprint density at radius 1 is 1.45 bits per heavy atom. The second-order valence-corrected chi connectivity index (χ2v) is 6.11. The molecule has 2 atom stereocenters. The smallest absolute Gasteiger partial charge is 0.251 e. The number of morpholine rings is 1. The van der Waals surface area contributed by atoms with E-state index in [1.165, 1.54) is 12.8 Å². The van der Waals surface area contributed by atoms with E-state index in [2.05, 4.69) is 15.2 Å². The summed E-state index contributed by atoms with van der Waals surface area (Å²) in [5.41, 5.74) is 0. The van der Waals surface area contributed by atoms with E-state index in [-0.39, 0.29) is 18.1 Å². The van der Waals surface area contributed by atoms with E-state index in [1.807, 2.05) is 13.8 Å². The molecule has 1 aromatic heterocycles. The number of nitrogens with zero attached hydrogens (tertiary/aromatic N) is 3. The molecule has 0 radical (unpaired) electrons. The summed E-state index contributed by atoms with van der Waals surface area (Å²) in [7, 11) is 0. The molecule has 0 aromatic carbocycles. The van der Waals surface area contributed by atoms with Gasteiger partial charge in [0.2, 0.25) is 0 Å². The Labute approximate surface area is 130 Å². The minimum atomic E-state index is -0.393. The number of carbonyl (C=O) groups is 1. The topological polar surface area (TPSA) is 80.3 Å². The number of nitrogens with one attached hydrogen (secondary N) is 1. The predicted octanol–water partition coefficient (Wildman–Crippen LogP) is 1.36. The summed E-state index contributed by atoms with van der Waals surface area (Å²) in [6.07, 6.45) is 4.13. The van der Waals surface area contributed by atoms with E-state index in [4.69, 9.17) is 9.47 Å². The van der Waals surface area contributed by atoms with Gasteiger partial charge in [0.05, 0.1) is 19.3 Å². The summed E-state index contributed by atoms with van der Waals surface area (Å²) >= 11 is 0. The zero-order chi connectivity index (χ0) is 15.5. The molecule has 1 amide bonds. The van der Waals surface area contributed by atoms with Crippen LogP contribution in [0.4, 0.5) is 0 Å². The van der Waals surface area contributed by atoms with Gasteiger partial charge in [0, 0.05) is 6.54 Å². The predicted molar refractivity (Wildman–Crippen MR) is 79.2 cm³/mol. The number of hydrogen-bond donors (Lipinski definition) is 1. The van der Waals surface area contributed by atoms with Gasteiger partial charge in [-0.3, -0.25) is 9.89 Å². The average molecular weight is 308 g/mol. The number of carbonyl (C=O) groups excluding carboxylic acids is 1. The highest BCUT2D eigenvalue weighted by molar-refractivity contribution is 5.80. The highest BCUT2D eigenvalue weighted by Gasteiger charge is 2.31. The number of H-pyrrole nitrogens is 1. The zero-order valence-electron chi connectivity index (χ0n) is 13.2. The molecule has 1 saturated carbocycles. The molecule has 7 heteroatoms. The molecule has 0 unspecified atom stereocenters. The van der Waals surface area contributed by atoms with Crippen molar-refractivity contribution in [2.75, 3.05) is 19.7 Å². The Morgan fingerprint density at radius 3 is 2.91 bits per heavy atom. The van der Waals surface area contributed by atoms with Crippen LogP contribution in [0.2, 0.25) is 0 Å². The monoisotopic (exact) mass is 308 g/mol. The number of aromatic nitrogens is 3. The maximum Gasteiger partial charge on any atom is 0.251 e. The van der Waals surface area contributed by atoms with Crippen LogP contribution in [-0.2, 0) is 14.3 Å². The van der Waals surface area contributed by atoms with Crippen LogP contribution in [-0.4, -0.2) is 57.9 Å². The Kier molecular flexibility index (Phi) is 4.73. The molecular formula is C15H24N4O3. The molecule has 2 aliphatic rings. The maximum absolute atomic E-state index is 12.6. The van der Waals surface area contributed by atoms with E-state index < -0.39 is 6.10 Å². The van der Waals surface area contributed by atoms with Crippen molar-refractivity contribution < 1.29 is 14.3 Å². The van der Waals surface area contributed by atoms with Gasteiger partial charge in [0.15, 0.2) is 5.82 Å². The quantitative estimate of drug-likeness (QED) is 0.908. The SMILES string of the molecule is Cc1nc([C@@H]2CN(C(=O)[C@@H](C)OC3CCCC3)CCO2)n[nH]1. The average Bonchev–Trinajstić information content (AvgIpc) is 3.18. The lowest BCUT2D eigenvalue weighted by Crippen LogP contribution is -2.47. The first-order valence-corrected chi connectivity index (χ1v) is 8.08. The van der Waals surface area contributed by atoms with Crippen molar-refractivity contribution in [1.82, 2.24) is 20.1 Å². The molecule has 22 heavy (non-hydrogen) atoms. The standard InChI is InChI=1S/C15H24N4O3/c1-10(22-12-5-3-4-6-12)15(20)19-7-8-21-13(9-19)14-16-11(2)17-18-14/h10,12-13H,3-9H2,1-2H3,(H,16,17,18)/t10-,13+/m1/s1. The first-order chi connectivity index (χ1) is 10.6. The largest absolute Gasteiger partial charge is 0.366 e. The summed E-state index contributed by atoms with van der Waals surface area (Å²) in [5.74, 6) is 1.40. The van der Waals surface area contributed by atoms with Crippen molar-refractivity contribution in [3.63, 3.8) is 0 Å². The highest BCUT2D eigenvalue weighted by Crippen LogP contribution is 2.24. The van der Waals surface area contributed by atoms with Crippen LogP contribution in [0.5, 0.6) is 0 Å². The van der Waals surface area contributed by atoms with Gasteiger partial charge in [0.25, 0.3) is 5.91 Å². The highest BCUT2D eigenvalue weighted by atomic mass is 16.5. The van der Waals surface area contributed by atoms with Gasteiger partial charge in [-0.2, -0.15) is 5.10 Å². The van der Waals surface area contributed by atoms with Crippen molar-refractivity contribution in [1.29, 1.82) is 0 Å². The number of amides is 1. The number of hydrogen-bond acceptors (Lipinski definition) is 5. The summed E-state index contributed by atoms with van der Waals surface area (Å²) in [4.78, 5) is 18.7. The van der Waals surface area contributed by atoms with Crippen LogP contribution in [0.3, 0.4) is 0 Å². The van der Waals surface area contributed by atoms with Gasteiger partial charge in [-0.15, -0.1) is 0 Å². The van der Waals surface area contributed by atoms with Gasteiger partial charge in [-0.1, -0.05) is 12.8 Å². The fourth-order valence-electron chi connectivity index (χ4n) is 3.14. The van der Waals surface area contributed by atoms with Crippen molar-refractivity contribution in [3.05, 3.63) is 11.6 Å².